The van der Waals surface area contributed by atoms with Gasteiger partial charge in [-0.2, -0.15) is 0 Å². The largest absolute Gasteiger partial charge is 0.469 e. The van der Waals surface area contributed by atoms with Crippen molar-refractivity contribution in [1.29, 1.82) is 0 Å². The molecule has 0 radical (unpaired) electrons. The molecule has 0 aliphatic rings. The van der Waals surface area contributed by atoms with E-state index in [1.165, 1.54) is 7.11 Å². The number of esters is 1. The van der Waals surface area contributed by atoms with Crippen LogP contribution in [0.25, 0.3) is 0 Å². The summed E-state index contributed by atoms with van der Waals surface area (Å²) in [6.45, 7) is 1.96. The summed E-state index contributed by atoms with van der Waals surface area (Å²) < 4.78 is 9.56. The number of methoxy groups -OCH3 is 2. The van der Waals surface area contributed by atoms with Gasteiger partial charge in [-0.25, -0.2) is 0 Å². The third-order valence-corrected chi connectivity index (χ3v) is 1.81. The Morgan fingerprint density at radius 1 is 1.50 bits per heavy atom. The molecule has 4 heteroatoms. The maximum absolute atomic E-state index is 10.8. The van der Waals surface area contributed by atoms with E-state index >= 15 is 0 Å². The second-order valence-electron chi connectivity index (χ2n) is 2.63. The minimum atomic E-state index is -0.294. The van der Waals surface area contributed by atoms with Gasteiger partial charge in [0.05, 0.1) is 19.6 Å². The lowest BCUT2D eigenvalue weighted by molar-refractivity contribution is -0.141. The van der Waals surface area contributed by atoms with Crippen LogP contribution in [-0.4, -0.2) is 32.3 Å². The summed E-state index contributed by atoms with van der Waals surface area (Å²) in [4.78, 5) is 10.8. The second-order valence-corrected chi connectivity index (χ2v) is 2.63. The predicted octanol–water partition coefficient (Wildman–Crippen LogP) is 0.302. The Morgan fingerprint density at radius 3 is 2.42 bits per heavy atom. The van der Waals surface area contributed by atoms with Crippen LogP contribution in [-0.2, 0) is 14.3 Å². The van der Waals surface area contributed by atoms with E-state index < -0.39 is 0 Å². The molecule has 4 nitrogen and oxygen atoms in total. The lowest BCUT2D eigenvalue weighted by Crippen LogP contribution is -2.37. The summed E-state index contributed by atoms with van der Waals surface area (Å²) in [5.74, 6) is -0.294. The van der Waals surface area contributed by atoms with E-state index in [9.17, 15) is 4.79 Å². The monoisotopic (exact) mass is 175 g/mol. The zero-order valence-corrected chi connectivity index (χ0v) is 7.87. The van der Waals surface area contributed by atoms with Crippen LogP contribution in [0, 0.1) is 0 Å². The molecule has 0 aliphatic heterocycles. The van der Waals surface area contributed by atoms with Crippen LogP contribution in [0.15, 0.2) is 0 Å². The molecule has 2 atom stereocenters. The van der Waals surface area contributed by atoms with Gasteiger partial charge in [-0.15, -0.1) is 0 Å². The smallest absolute Gasteiger partial charge is 0.307 e. The number of hydrogen-bond acceptors (Lipinski definition) is 4. The van der Waals surface area contributed by atoms with Gasteiger partial charge in [0.25, 0.3) is 0 Å². The summed E-state index contributed by atoms with van der Waals surface area (Å²) >= 11 is 0. The summed E-state index contributed by atoms with van der Waals surface area (Å²) in [6.07, 6.45) is 0.946. The number of carbonyl (C=O) groups excluding carboxylic acids is 1. The molecule has 72 valence electrons. The number of nitrogens with two attached hydrogens (primary N) is 1. The average molecular weight is 175 g/mol. The highest BCUT2D eigenvalue weighted by Crippen LogP contribution is 2.04. The van der Waals surface area contributed by atoms with Crippen molar-refractivity contribution in [3.05, 3.63) is 0 Å². The highest BCUT2D eigenvalue weighted by atomic mass is 16.5. The van der Waals surface area contributed by atoms with Crippen LogP contribution in [0.5, 0.6) is 0 Å². The molecule has 0 amide bonds. The Bertz CT molecular complexity index is 134. The van der Waals surface area contributed by atoms with Gasteiger partial charge in [-0.1, -0.05) is 6.92 Å². The fraction of sp³-hybridized carbons (Fsp3) is 0.875. The molecule has 0 saturated carbocycles. The van der Waals surface area contributed by atoms with Crippen molar-refractivity contribution in [1.82, 2.24) is 0 Å². The first kappa shape index (κ1) is 11.4. The first-order valence-electron chi connectivity index (χ1n) is 4.00. The van der Waals surface area contributed by atoms with Crippen LogP contribution in [0.2, 0.25) is 0 Å². The van der Waals surface area contributed by atoms with Crippen LogP contribution in [0.3, 0.4) is 0 Å². The first-order valence-corrected chi connectivity index (χ1v) is 4.00. The number of hydrogen-bond donors (Lipinski definition) is 1. The quantitative estimate of drug-likeness (QED) is 0.610. The van der Waals surface area contributed by atoms with Crippen molar-refractivity contribution in [2.24, 2.45) is 5.73 Å². The van der Waals surface area contributed by atoms with E-state index in [0.717, 1.165) is 6.42 Å². The molecule has 0 bridgehead atoms. The van der Waals surface area contributed by atoms with Gasteiger partial charge in [0.15, 0.2) is 0 Å². The lowest BCUT2D eigenvalue weighted by Gasteiger charge is -2.19. The molecule has 0 fully saturated rings. The van der Waals surface area contributed by atoms with E-state index in [4.69, 9.17) is 10.5 Å². The molecule has 2 N–H and O–H groups in total. The van der Waals surface area contributed by atoms with Crippen molar-refractivity contribution in [2.75, 3.05) is 14.2 Å². The Balaban J connectivity index is 3.83. The van der Waals surface area contributed by atoms with E-state index in [1.54, 1.807) is 7.11 Å². The molecule has 0 heterocycles. The molecule has 0 aromatic carbocycles. The SMILES string of the molecule is CCC(OC)C(N)CC(=O)OC. The molecule has 12 heavy (non-hydrogen) atoms. The van der Waals surface area contributed by atoms with Crippen molar-refractivity contribution < 1.29 is 14.3 Å². The number of rotatable bonds is 5. The zero-order chi connectivity index (χ0) is 9.56. The Hall–Kier alpha value is -0.610. The van der Waals surface area contributed by atoms with Crippen molar-refractivity contribution in [3.63, 3.8) is 0 Å². The van der Waals surface area contributed by atoms with Crippen LogP contribution >= 0.6 is 0 Å². The van der Waals surface area contributed by atoms with Crippen molar-refractivity contribution >= 4 is 5.97 Å². The predicted molar refractivity (Wildman–Crippen MR) is 45.7 cm³/mol. The van der Waals surface area contributed by atoms with E-state index in [2.05, 4.69) is 4.74 Å². The van der Waals surface area contributed by atoms with Crippen molar-refractivity contribution in [2.45, 2.75) is 31.9 Å². The molecule has 0 aromatic heterocycles. The topological polar surface area (TPSA) is 61.5 Å². The third kappa shape index (κ3) is 3.69. The second kappa shape index (κ2) is 5.97. The molecule has 0 spiro atoms. The van der Waals surface area contributed by atoms with Gasteiger partial charge in [0, 0.05) is 13.2 Å². The van der Waals surface area contributed by atoms with Gasteiger partial charge in [-0.05, 0) is 6.42 Å². The molecular weight excluding hydrogens is 158 g/mol. The van der Waals surface area contributed by atoms with Crippen LogP contribution < -0.4 is 5.73 Å². The zero-order valence-electron chi connectivity index (χ0n) is 7.87. The van der Waals surface area contributed by atoms with E-state index in [-0.39, 0.29) is 24.5 Å². The summed E-state index contributed by atoms with van der Waals surface area (Å²) in [6, 6.07) is -0.271. The average Bonchev–Trinajstić information content (AvgIpc) is 2.06. The Kier molecular flexibility index (Phi) is 5.66. The fourth-order valence-electron chi connectivity index (χ4n) is 1.05. The molecule has 2 unspecified atom stereocenters. The summed E-state index contributed by atoms with van der Waals surface area (Å²) in [5, 5.41) is 0. The molecule has 0 aliphatic carbocycles. The minimum Gasteiger partial charge on any atom is -0.469 e. The summed E-state index contributed by atoms with van der Waals surface area (Å²) in [7, 11) is 2.94. The molecular formula is C8H17NO3. The molecule has 0 saturated heterocycles. The van der Waals surface area contributed by atoms with Crippen molar-refractivity contribution in [3.8, 4) is 0 Å². The normalized spacial score (nSPS) is 15.3. The maximum atomic E-state index is 10.8. The third-order valence-electron chi connectivity index (χ3n) is 1.81. The maximum Gasteiger partial charge on any atom is 0.307 e. The molecule has 0 rings (SSSR count). The Morgan fingerprint density at radius 2 is 2.08 bits per heavy atom. The summed E-state index contributed by atoms with van der Waals surface area (Å²) in [5.41, 5.74) is 5.69. The van der Waals surface area contributed by atoms with E-state index in [1.807, 2.05) is 6.92 Å². The molecule has 0 aromatic rings. The van der Waals surface area contributed by atoms with Gasteiger partial charge < -0.3 is 15.2 Å². The van der Waals surface area contributed by atoms with Crippen LogP contribution in [0.4, 0.5) is 0 Å². The van der Waals surface area contributed by atoms with Gasteiger partial charge in [-0.3, -0.25) is 4.79 Å². The van der Waals surface area contributed by atoms with Gasteiger partial charge >= 0.3 is 5.97 Å². The lowest BCUT2D eigenvalue weighted by atomic mass is 10.1. The number of ether oxygens (including phenoxy) is 2. The van der Waals surface area contributed by atoms with Crippen LogP contribution in [0.1, 0.15) is 19.8 Å². The fourth-order valence-corrected chi connectivity index (χ4v) is 1.05. The standard InChI is InChI=1S/C8H17NO3/c1-4-7(11-2)6(9)5-8(10)12-3/h6-7H,4-5,9H2,1-3H3. The Labute approximate surface area is 73.0 Å². The minimum absolute atomic E-state index is 0.0656. The van der Waals surface area contributed by atoms with E-state index in [0.29, 0.717) is 0 Å². The first-order chi connectivity index (χ1) is 5.65. The van der Waals surface area contributed by atoms with Gasteiger partial charge in [0.1, 0.15) is 0 Å². The highest BCUT2D eigenvalue weighted by molar-refractivity contribution is 5.69. The number of carbonyl (C=O) groups is 1. The highest BCUT2D eigenvalue weighted by Gasteiger charge is 2.18. The van der Waals surface area contributed by atoms with Gasteiger partial charge in [0.2, 0.25) is 0 Å².